The van der Waals surface area contributed by atoms with Gasteiger partial charge >= 0.3 is 5.97 Å². The molecule has 0 spiro atoms. The lowest BCUT2D eigenvalue weighted by Crippen LogP contribution is -2.60. The lowest BCUT2D eigenvalue weighted by atomic mass is 9.91. The monoisotopic (exact) mass is 535 g/mol. The molecule has 2 atom stereocenters. The molecule has 0 saturated carbocycles. The maximum absolute atomic E-state index is 12.9. The Kier molecular flexibility index (Phi) is 9.67. The predicted octanol–water partition coefficient (Wildman–Crippen LogP) is 4.60. The summed E-state index contributed by atoms with van der Waals surface area (Å²) in [5.74, 6) is -1.74. The van der Waals surface area contributed by atoms with Gasteiger partial charge in [0.15, 0.2) is 6.61 Å². The standard InChI is InChI=1S/C22H24Cl3NO6S/c1-12(2)18(21(30)32-11-22(23,24)25)26-19(29)15(9-14(4)27)20(26)33-17(28)10-31-16-8-6-5-7-13(16)3/h5-8,15,20H,9-11H2,1-4H3/t15-,20-/m1/s1. The average molecular weight is 537 g/mol. The van der Waals surface area contributed by atoms with Gasteiger partial charge in [-0.1, -0.05) is 64.8 Å². The molecule has 11 heteroatoms. The zero-order valence-corrected chi connectivity index (χ0v) is 21.6. The van der Waals surface area contributed by atoms with Gasteiger partial charge in [-0.05, 0) is 44.9 Å². The molecule has 1 heterocycles. The number of para-hydroxylation sites is 1. The number of β-lactam (4-membered cyclic amide) rings is 1. The Bertz CT molecular complexity index is 971. The number of aryl methyl sites for hydroxylation is 1. The lowest BCUT2D eigenvalue weighted by Gasteiger charge is -2.46. The molecule has 1 aliphatic rings. The summed E-state index contributed by atoms with van der Waals surface area (Å²) in [5.41, 5.74) is 1.28. The van der Waals surface area contributed by atoms with Crippen molar-refractivity contribution in [1.82, 2.24) is 4.90 Å². The van der Waals surface area contributed by atoms with E-state index in [-0.39, 0.29) is 29.6 Å². The number of hydrogen-bond donors (Lipinski definition) is 0. The first kappa shape index (κ1) is 27.5. The molecule has 1 aromatic rings. The first-order valence-electron chi connectivity index (χ1n) is 9.93. The van der Waals surface area contributed by atoms with E-state index in [0.717, 1.165) is 17.3 Å². The number of ether oxygens (including phenoxy) is 2. The third-order valence-corrected chi connectivity index (χ3v) is 6.12. The fourth-order valence-electron chi connectivity index (χ4n) is 3.18. The van der Waals surface area contributed by atoms with Crippen LogP contribution in [-0.2, 0) is 23.9 Å². The lowest BCUT2D eigenvalue weighted by molar-refractivity contribution is -0.155. The number of ketones is 1. The van der Waals surface area contributed by atoms with Crippen molar-refractivity contribution in [2.75, 3.05) is 13.2 Å². The van der Waals surface area contributed by atoms with E-state index in [1.54, 1.807) is 26.0 Å². The van der Waals surface area contributed by atoms with Crippen LogP contribution in [0, 0.1) is 12.8 Å². The van der Waals surface area contributed by atoms with E-state index in [0.29, 0.717) is 11.3 Å². The number of carbonyl (C=O) groups is 4. The van der Waals surface area contributed by atoms with Gasteiger partial charge in [0, 0.05) is 6.42 Å². The number of likely N-dealkylation sites (tertiary alicyclic amines) is 1. The van der Waals surface area contributed by atoms with Crippen molar-refractivity contribution < 1.29 is 28.7 Å². The van der Waals surface area contributed by atoms with Gasteiger partial charge in [0.1, 0.15) is 29.2 Å². The highest BCUT2D eigenvalue weighted by atomic mass is 35.6. The van der Waals surface area contributed by atoms with Gasteiger partial charge in [0.2, 0.25) is 14.8 Å². The number of amides is 1. The number of esters is 1. The minimum absolute atomic E-state index is 0.0563. The SMILES string of the molecule is CC(=O)C[C@@H]1C(=O)N(C(C(=O)OCC(Cl)(Cl)Cl)=C(C)C)[C@@H]1SC(=O)COc1ccccc1C. The summed E-state index contributed by atoms with van der Waals surface area (Å²) >= 11 is 17.8. The summed E-state index contributed by atoms with van der Waals surface area (Å²) in [4.78, 5) is 51.1. The highest BCUT2D eigenvalue weighted by Crippen LogP contribution is 2.42. The first-order valence-corrected chi connectivity index (χ1v) is 11.9. The van der Waals surface area contributed by atoms with Crippen molar-refractivity contribution >= 4 is 69.3 Å². The second-order valence-electron chi connectivity index (χ2n) is 7.70. The number of rotatable bonds is 9. The molecule has 1 amide bonds. The van der Waals surface area contributed by atoms with Crippen molar-refractivity contribution in [3.8, 4) is 5.75 Å². The highest BCUT2D eigenvalue weighted by Gasteiger charge is 2.52. The largest absolute Gasteiger partial charge is 0.485 e. The van der Waals surface area contributed by atoms with Crippen molar-refractivity contribution in [3.05, 3.63) is 41.1 Å². The van der Waals surface area contributed by atoms with Crippen LogP contribution in [0.1, 0.15) is 32.8 Å². The van der Waals surface area contributed by atoms with Gasteiger partial charge < -0.3 is 14.3 Å². The smallest absolute Gasteiger partial charge is 0.355 e. The van der Waals surface area contributed by atoms with Crippen LogP contribution in [0.4, 0.5) is 0 Å². The van der Waals surface area contributed by atoms with Crippen LogP contribution < -0.4 is 4.74 Å². The molecule has 1 aliphatic heterocycles. The Morgan fingerprint density at radius 3 is 2.30 bits per heavy atom. The number of nitrogens with zero attached hydrogens (tertiary/aromatic N) is 1. The molecule has 0 aliphatic carbocycles. The molecule has 1 fully saturated rings. The van der Waals surface area contributed by atoms with E-state index >= 15 is 0 Å². The molecule has 0 radical (unpaired) electrons. The Hall–Kier alpha value is -1.74. The topological polar surface area (TPSA) is 90.0 Å². The van der Waals surface area contributed by atoms with Crippen molar-refractivity contribution in [3.63, 3.8) is 0 Å². The minimum Gasteiger partial charge on any atom is -0.485 e. The zero-order chi connectivity index (χ0) is 24.9. The molecule has 2 rings (SSSR count). The molecule has 180 valence electrons. The maximum Gasteiger partial charge on any atom is 0.355 e. The molecular weight excluding hydrogens is 513 g/mol. The Labute approximate surface area is 211 Å². The van der Waals surface area contributed by atoms with Gasteiger partial charge in [0.25, 0.3) is 0 Å². The van der Waals surface area contributed by atoms with Gasteiger partial charge in [0.05, 0.1) is 5.92 Å². The van der Waals surface area contributed by atoms with E-state index in [2.05, 4.69) is 0 Å². The molecule has 0 N–H and O–H groups in total. The van der Waals surface area contributed by atoms with E-state index < -0.39 is 33.6 Å². The molecular formula is C22H24Cl3NO6S. The number of alkyl halides is 3. The number of allylic oxidation sites excluding steroid dienone is 1. The summed E-state index contributed by atoms with van der Waals surface area (Å²) in [5, 5.41) is -1.14. The van der Waals surface area contributed by atoms with Crippen LogP contribution in [0.2, 0.25) is 0 Å². The number of benzene rings is 1. The number of hydrogen-bond acceptors (Lipinski definition) is 7. The van der Waals surface area contributed by atoms with E-state index in [9.17, 15) is 19.2 Å². The fraction of sp³-hybridized carbons (Fsp3) is 0.455. The molecule has 7 nitrogen and oxygen atoms in total. The third kappa shape index (κ3) is 7.64. The van der Waals surface area contributed by atoms with E-state index in [4.69, 9.17) is 44.3 Å². The van der Waals surface area contributed by atoms with Gasteiger partial charge in [-0.25, -0.2) is 4.79 Å². The molecule has 1 aromatic carbocycles. The van der Waals surface area contributed by atoms with Crippen LogP contribution in [0.25, 0.3) is 0 Å². The predicted molar refractivity (Wildman–Crippen MR) is 128 cm³/mol. The summed E-state index contributed by atoms with van der Waals surface area (Å²) in [6.07, 6.45) is -0.0574. The summed E-state index contributed by atoms with van der Waals surface area (Å²) in [6, 6.07) is 7.24. The van der Waals surface area contributed by atoms with Crippen molar-refractivity contribution in [2.45, 2.75) is 43.3 Å². The van der Waals surface area contributed by atoms with Crippen molar-refractivity contribution in [2.24, 2.45) is 5.92 Å². The van der Waals surface area contributed by atoms with Crippen LogP contribution in [0.5, 0.6) is 5.75 Å². The van der Waals surface area contributed by atoms with Gasteiger partial charge in [-0.15, -0.1) is 0 Å². The second kappa shape index (κ2) is 11.6. The fourth-order valence-corrected chi connectivity index (χ4v) is 4.43. The van der Waals surface area contributed by atoms with Crippen LogP contribution in [0.3, 0.4) is 0 Å². The molecule has 33 heavy (non-hydrogen) atoms. The molecule has 1 saturated heterocycles. The number of Topliss-reactive ketones (excluding diaryl/α,β-unsaturated/α-hetero) is 1. The highest BCUT2D eigenvalue weighted by molar-refractivity contribution is 8.14. The van der Waals surface area contributed by atoms with Crippen LogP contribution in [0.15, 0.2) is 35.5 Å². The minimum atomic E-state index is -1.82. The average Bonchev–Trinajstić information content (AvgIpc) is 2.71. The van der Waals surface area contributed by atoms with Crippen LogP contribution in [-0.4, -0.2) is 50.1 Å². The third-order valence-electron chi connectivity index (χ3n) is 4.63. The zero-order valence-electron chi connectivity index (χ0n) is 18.5. The van der Waals surface area contributed by atoms with Crippen molar-refractivity contribution in [1.29, 1.82) is 0 Å². The summed E-state index contributed by atoms with van der Waals surface area (Å²) < 4.78 is 8.82. The number of halogens is 3. The first-order chi connectivity index (χ1) is 15.3. The Morgan fingerprint density at radius 1 is 1.12 bits per heavy atom. The molecule has 0 unspecified atom stereocenters. The van der Waals surface area contributed by atoms with Gasteiger partial charge in [-0.3, -0.25) is 14.5 Å². The van der Waals surface area contributed by atoms with Gasteiger partial charge in [-0.2, -0.15) is 0 Å². The normalized spacial score (nSPS) is 17.8. The molecule has 0 aromatic heterocycles. The number of thioether (sulfide) groups is 1. The van der Waals surface area contributed by atoms with E-state index in [1.165, 1.54) is 11.8 Å². The number of carbonyl (C=O) groups excluding carboxylic acids is 4. The quantitative estimate of drug-likeness (QED) is 0.197. The maximum atomic E-state index is 12.9. The Balaban J connectivity index is 2.19. The van der Waals surface area contributed by atoms with Crippen LogP contribution >= 0.6 is 46.6 Å². The second-order valence-corrected chi connectivity index (χ2v) is 11.4. The Morgan fingerprint density at radius 2 is 1.76 bits per heavy atom. The molecule has 0 bridgehead atoms. The summed E-state index contributed by atoms with van der Waals surface area (Å²) in [6.45, 7) is 5.67. The summed E-state index contributed by atoms with van der Waals surface area (Å²) in [7, 11) is 0. The van der Waals surface area contributed by atoms with E-state index in [1.807, 2.05) is 19.1 Å².